The van der Waals surface area contributed by atoms with Crippen molar-refractivity contribution in [2.75, 3.05) is 18.5 Å². The number of rotatable bonds is 4. The van der Waals surface area contributed by atoms with Crippen molar-refractivity contribution in [2.24, 2.45) is 5.73 Å². The molecule has 0 radical (unpaired) electrons. The minimum Gasteiger partial charge on any atom is -0.448 e. The Labute approximate surface area is 105 Å². The first-order valence-corrected chi connectivity index (χ1v) is 5.62. The summed E-state index contributed by atoms with van der Waals surface area (Å²) in [6, 6.07) is 3.71. The Hall–Kier alpha value is -1.83. The Bertz CT molecular complexity index is 541. The third kappa shape index (κ3) is 3.06. The standard InChI is InChI=1S/C9H10BrN5O2/c10-6-1-2-7-13-9(14-15(7)5-6)12-3-4-17-8(11)16/h1-2,5H,3-4H2,(H2,11,16)(H,12,14). The van der Waals surface area contributed by atoms with Crippen LogP contribution in [0.15, 0.2) is 22.8 Å². The van der Waals surface area contributed by atoms with Gasteiger partial charge < -0.3 is 15.8 Å². The monoisotopic (exact) mass is 299 g/mol. The summed E-state index contributed by atoms with van der Waals surface area (Å²) < 4.78 is 7.12. The van der Waals surface area contributed by atoms with Crippen LogP contribution < -0.4 is 11.1 Å². The molecule has 8 heteroatoms. The van der Waals surface area contributed by atoms with Crippen LogP contribution in [-0.4, -0.2) is 33.8 Å². The number of ether oxygens (including phenoxy) is 1. The first kappa shape index (κ1) is 11.6. The molecule has 2 heterocycles. The maximum absolute atomic E-state index is 10.3. The molecule has 0 aliphatic rings. The third-order valence-corrected chi connectivity index (χ3v) is 2.39. The molecule has 0 saturated carbocycles. The summed E-state index contributed by atoms with van der Waals surface area (Å²) in [4.78, 5) is 14.5. The van der Waals surface area contributed by atoms with E-state index in [-0.39, 0.29) is 6.61 Å². The van der Waals surface area contributed by atoms with E-state index in [0.29, 0.717) is 12.5 Å². The van der Waals surface area contributed by atoms with E-state index in [9.17, 15) is 4.79 Å². The lowest BCUT2D eigenvalue weighted by atomic mass is 10.5. The van der Waals surface area contributed by atoms with E-state index in [1.165, 1.54) is 0 Å². The highest BCUT2D eigenvalue weighted by atomic mass is 79.9. The number of pyridine rings is 1. The number of carbonyl (C=O) groups excluding carboxylic acids is 1. The molecule has 17 heavy (non-hydrogen) atoms. The van der Waals surface area contributed by atoms with Crippen molar-refractivity contribution in [1.29, 1.82) is 0 Å². The summed E-state index contributed by atoms with van der Waals surface area (Å²) in [5.41, 5.74) is 5.55. The molecule has 2 aromatic rings. The van der Waals surface area contributed by atoms with Gasteiger partial charge in [-0.2, -0.15) is 4.98 Å². The van der Waals surface area contributed by atoms with E-state index >= 15 is 0 Å². The summed E-state index contributed by atoms with van der Waals surface area (Å²) in [6.45, 7) is 0.579. The number of nitrogens with one attached hydrogen (secondary N) is 1. The van der Waals surface area contributed by atoms with Crippen LogP contribution in [0.4, 0.5) is 10.7 Å². The fraction of sp³-hybridized carbons (Fsp3) is 0.222. The van der Waals surface area contributed by atoms with Crippen molar-refractivity contribution in [2.45, 2.75) is 0 Å². The van der Waals surface area contributed by atoms with Gasteiger partial charge in [-0.15, -0.1) is 5.10 Å². The molecular weight excluding hydrogens is 290 g/mol. The lowest BCUT2D eigenvalue weighted by Gasteiger charge is -2.00. The predicted octanol–water partition coefficient (Wildman–Crippen LogP) is 0.999. The minimum atomic E-state index is -0.793. The Kier molecular flexibility index (Phi) is 3.43. The zero-order valence-corrected chi connectivity index (χ0v) is 10.3. The molecule has 0 fully saturated rings. The van der Waals surface area contributed by atoms with Gasteiger partial charge in [0.15, 0.2) is 5.65 Å². The number of primary amides is 1. The molecule has 1 amide bonds. The van der Waals surface area contributed by atoms with E-state index in [2.05, 4.69) is 36.1 Å². The number of halogens is 1. The van der Waals surface area contributed by atoms with Crippen LogP contribution in [0.1, 0.15) is 0 Å². The molecule has 2 rings (SSSR count). The quantitative estimate of drug-likeness (QED) is 0.821. The first-order valence-electron chi connectivity index (χ1n) is 4.83. The van der Waals surface area contributed by atoms with E-state index in [4.69, 9.17) is 5.73 Å². The van der Waals surface area contributed by atoms with Gasteiger partial charge in [-0.3, -0.25) is 0 Å². The molecule has 0 bridgehead atoms. The molecule has 0 aliphatic heterocycles. The summed E-state index contributed by atoms with van der Waals surface area (Å²) in [5.74, 6) is 0.469. The number of hydrogen-bond donors (Lipinski definition) is 2. The van der Waals surface area contributed by atoms with Crippen molar-refractivity contribution in [3.05, 3.63) is 22.8 Å². The molecule has 90 valence electrons. The topological polar surface area (TPSA) is 94.5 Å². The van der Waals surface area contributed by atoms with Crippen LogP contribution in [-0.2, 0) is 4.74 Å². The number of nitrogens with two attached hydrogens (primary N) is 1. The molecule has 0 atom stereocenters. The van der Waals surface area contributed by atoms with Crippen LogP contribution in [0, 0.1) is 0 Å². The molecule has 0 unspecified atom stereocenters. The van der Waals surface area contributed by atoms with Crippen LogP contribution >= 0.6 is 15.9 Å². The van der Waals surface area contributed by atoms with Gasteiger partial charge in [-0.05, 0) is 28.1 Å². The van der Waals surface area contributed by atoms with Crippen LogP contribution in [0.3, 0.4) is 0 Å². The van der Waals surface area contributed by atoms with Crippen molar-refractivity contribution < 1.29 is 9.53 Å². The van der Waals surface area contributed by atoms with Gasteiger partial charge in [0.2, 0.25) is 5.95 Å². The van der Waals surface area contributed by atoms with Gasteiger partial charge in [-0.1, -0.05) is 0 Å². The highest BCUT2D eigenvalue weighted by Crippen LogP contribution is 2.11. The van der Waals surface area contributed by atoms with E-state index < -0.39 is 6.09 Å². The summed E-state index contributed by atoms with van der Waals surface area (Å²) in [5, 5.41) is 7.10. The van der Waals surface area contributed by atoms with Gasteiger partial charge in [0.05, 0.1) is 6.54 Å². The molecule has 7 nitrogen and oxygen atoms in total. The second-order valence-corrected chi connectivity index (χ2v) is 4.10. The van der Waals surface area contributed by atoms with Crippen molar-refractivity contribution >= 4 is 33.6 Å². The highest BCUT2D eigenvalue weighted by Gasteiger charge is 2.03. The number of aromatic nitrogens is 3. The van der Waals surface area contributed by atoms with Crippen molar-refractivity contribution in [1.82, 2.24) is 14.6 Å². The Morgan fingerprint density at radius 1 is 1.59 bits per heavy atom. The second kappa shape index (κ2) is 5.00. The first-order chi connectivity index (χ1) is 8.15. The largest absolute Gasteiger partial charge is 0.448 e. The van der Waals surface area contributed by atoms with E-state index in [1.807, 2.05) is 12.1 Å². The molecule has 0 aromatic carbocycles. The number of anilines is 1. The lowest BCUT2D eigenvalue weighted by Crippen LogP contribution is -2.18. The van der Waals surface area contributed by atoms with E-state index in [1.54, 1.807) is 10.7 Å². The summed E-state index contributed by atoms with van der Waals surface area (Å²) >= 11 is 3.34. The van der Waals surface area contributed by atoms with Crippen LogP contribution in [0.5, 0.6) is 0 Å². The minimum absolute atomic E-state index is 0.175. The van der Waals surface area contributed by atoms with Crippen LogP contribution in [0.25, 0.3) is 5.65 Å². The fourth-order valence-corrected chi connectivity index (χ4v) is 1.57. The van der Waals surface area contributed by atoms with Gasteiger partial charge in [0.1, 0.15) is 6.61 Å². The SMILES string of the molecule is NC(=O)OCCNc1nc2ccc(Br)cn2n1. The molecule has 0 aliphatic carbocycles. The Morgan fingerprint density at radius 3 is 3.18 bits per heavy atom. The smallest absolute Gasteiger partial charge is 0.404 e. The summed E-state index contributed by atoms with van der Waals surface area (Å²) in [6.07, 6.45) is 1.01. The lowest BCUT2D eigenvalue weighted by molar-refractivity contribution is 0.161. The number of amides is 1. The van der Waals surface area contributed by atoms with Gasteiger partial charge in [0, 0.05) is 10.7 Å². The van der Waals surface area contributed by atoms with Gasteiger partial charge >= 0.3 is 6.09 Å². The number of fused-ring (bicyclic) bond motifs is 1. The van der Waals surface area contributed by atoms with Crippen molar-refractivity contribution in [3.63, 3.8) is 0 Å². The maximum atomic E-state index is 10.3. The summed E-state index contributed by atoms with van der Waals surface area (Å²) in [7, 11) is 0. The molecule has 2 aromatic heterocycles. The zero-order valence-electron chi connectivity index (χ0n) is 8.76. The normalized spacial score (nSPS) is 10.4. The number of nitrogens with zero attached hydrogens (tertiary/aromatic N) is 3. The average Bonchev–Trinajstić information content (AvgIpc) is 2.66. The Morgan fingerprint density at radius 2 is 2.41 bits per heavy atom. The van der Waals surface area contributed by atoms with Gasteiger partial charge in [0.25, 0.3) is 0 Å². The molecule has 0 spiro atoms. The Balaban J connectivity index is 1.97. The van der Waals surface area contributed by atoms with Crippen LogP contribution in [0.2, 0.25) is 0 Å². The fourth-order valence-electron chi connectivity index (χ4n) is 1.25. The molecular formula is C9H10BrN5O2. The highest BCUT2D eigenvalue weighted by molar-refractivity contribution is 9.10. The van der Waals surface area contributed by atoms with E-state index in [0.717, 1.165) is 10.1 Å². The van der Waals surface area contributed by atoms with Crippen molar-refractivity contribution in [3.8, 4) is 0 Å². The maximum Gasteiger partial charge on any atom is 0.404 e. The number of hydrogen-bond acceptors (Lipinski definition) is 5. The molecule has 0 saturated heterocycles. The predicted molar refractivity (Wildman–Crippen MR) is 64.7 cm³/mol. The number of carbonyl (C=O) groups is 1. The average molecular weight is 300 g/mol. The zero-order chi connectivity index (χ0) is 12.3. The van der Waals surface area contributed by atoms with Gasteiger partial charge in [-0.25, -0.2) is 9.31 Å². The second-order valence-electron chi connectivity index (χ2n) is 3.18. The molecule has 3 N–H and O–H groups in total. The third-order valence-electron chi connectivity index (χ3n) is 1.92.